The van der Waals surface area contributed by atoms with Gasteiger partial charge in [-0.15, -0.1) is 9.73 Å². The summed E-state index contributed by atoms with van der Waals surface area (Å²) >= 11 is 1.05. The van der Waals surface area contributed by atoms with E-state index in [0.717, 1.165) is 39.3 Å². The molecule has 0 saturated carbocycles. The van der Waals surface area contributed by atoms with E-state index in [4.69, 9.17) is 0 Å². The van der Waals surface area contributed by atoms with Crippen molar-refractivity contribution in [2.24, 2.45) is 0 Å². The van der Waals surface area contributed by atoms with Crippen LogP contribution in [-0.2, 0) is 11.9 Å². The van der Waals surface area contributed by atoms with Gasteiger partial charge in [-0.2, -0.15) is 18.3 Å². The summed E-state index contributed by atoms with van der Waals surface area (Å²) in [5, 5.41) is 7.96. The van der Waals surface area contributed by atoms with E-state index in [1.807, 2.05) is 0 Å². The zero-order valence-corrected chi connectivity index (χ0v) is 15.7. The van der Waals surface area contributed by atoms with Gasteiger partial charge in [0.1, 0.15) is 0 Å². The summed E-state index contributed by atoms with van der Waals surface area (Å²) < 4.78 is 54.1. The number of nitrogens with one attached hydrogen (secondary N) is 1. The minimum absolute atomic E-state index is 0.113. The van der Waals surface area contributed by atoms with E-state index in [2.05, 4.69) is 15.2 Å². The number of thioether (sulfide) groups is 1. The van der Waals surface area contributed by atoms with E-state index in [9.17, 15) is 27.2 Å². The van der Waals surface area contributed by atoms with Crippen molar-refractivity contribution < 1.29 is 17.6 Å². The highest BCUT2D eigenvalue weighted by molar-refractivity contribution is 7.98. The van der Waals surface area contributed by atoms with E-state index >= 15 is 0 Å². The summed E-state index contributed by atoms with van der Waals surface area (Å²) in [6.07, 6.45) is -2.31. The molecule has 4 aromatic rings. The van der Waals surface area contributed by atoms with Gasteiger partial charge in [0.25, 0.3) is 5.56 Å². The van der Waals surface area contributed by atoms with Crippen LogP contribution in [0, 0.1) is 5.82 Å². The van der Waals surface area contributed by atoms with E-state index in [1.165, 1.54) is 30.5 Å². The predicted octanol–water partition coefficient (Wildman–Crippen LogP) is 3.02. The Balaban J connectivity index is 1.74. The second kappa shape index (κ2) is 7.44. The maximum atomic E-state index is 14.0. The van der Waals surface area contributed by atoms with Gasteiger partial charge in [0.15, 0.2) is 16.5 Å². The van der Waals surface area contributed by atoms with Gasteiger partial charge in [-0.1, -0.05) is 23.9 Å². The van der Waals surface area contributed by atoms with Crippen LogP contribution in [0.2, 0.25) is 0 Å². The lowest BCUT2D eigenvalue weighted by Gasteiger charge is -2.12. The standard InChI is InChI=1S/C18H11F4N5O2S/c19-13-8-24-27-15(13)16(29)26(12-5-6-14(28)23-7-12)17(25-27)30-9-10-1-3-11(4-2-10)18(20,21)22/h1-8H,9H2,(H,23,28). The van der Waals surface area contributed by atoms with Crippen molar-refractivity contribution >= 4 is 17.3 Å². The van der Waals surface area contributed by atoms with Crippen molar-refractivity contribution in [1.82, 2.24) is 24.4 Å². The van der Waals surface area contributed by atoms with E-state index in [0.29, 0.717) is 5.56 Å². The number of hydrogen-bond donors (Lipinski definition) is 1. The molecule has 1 N–H and O–H groups in total. The zero-order chi connectivity index (χ0) is 21.5. The highest BCUT2D eigenvalue weighted by Gasteiger charge is 2.30. The maximum Gasteiger partial charge on any atom is 0.416 e. The highest BCUT2D eigenvalue weighted by atomic mass is 32.2. The Hall–Kier alpha value is -3.41. The smallest absolute Gasteiger partial charge is 0.327 e. The molecule has 0 aliphatic heterocycles. The summed E-state index contributed by atoms with van der Waals surface area (Å²) in [6, 6.07) is 7.14. The second-order valence-electron chi connectivity index (χ2n) is 6.15. The van der Waals surface area contributed by atoms with Crippen molar-refractivity contribution in [3.05, 3.63) is 86.4 Å². The molecule has 0 aliphatic rings. The summed E-state index contributed by atoms with van der Waals surface area (Å²) in [5.41, 5.74) is -1.49. The molecule has 30 heavy (non-hydrogen) atoms. The van der Waals surface area contributed by atoms with Gasteiger partial charge in [-0.05, 0) is 23.8 Å². The fourth-order valence-corrected chi connectivity index (χ4v) is 3.64. The van der Waals surface area contributed by atoms with Crippen molar-refractivity contribution in [3.63, 3.8) is 0 Å². The van der Waals surface area contributed by atoms with Crippen LogP contribution >= 0.6 is 11.8 Å². The highest BCUT2D eigenvalue weighted by Crippen LogP contribution is 2.30. The topological polar surface area (TPSA) is 85.0 Å². The monoisotopic (exact) mass is 437 g/mol. The van der Waals surface area contributed by atoms with Crippen molar-refractivity contribution in [3.8, 4) is 5.69 Å². The molecule has 3 aromatic heterocycles. The van der Waals surface area contributed by atoms with Crippen LogP contribution in [0.3, 0.4) is 0 Å². The first-order valence-corrected chi connectivity index (χ1v) is 9.37. The number of aromatic nitrogens is 5. The van der Waals surface area contributed by atoms with Gasteiger partial charge in [0, 0.05) is 18.0 Å². The lowest BCUT2D eigenvalue weighted by Crippen LogP contribution is -2.25. The third-order valence-electron chi connectivity index (χ3n) is 4.16. The number of pyridine rings is 1. The number of H-pyrrole nitrogens is 1. The van der Waals surface area contributed by atoms with Gasteiger partial charge >= 0.3 is 6.18 Å². The third-order valence-corrected chi connectivity index (χ3v) is 5.16. The lowest BCUT2D eigenvalue weighted by molar-refractivity contribution is -0.137. The van der Waals surface area contributed by atoms with E-state index < -0.39 is 28.7 Å². The molecule has 0 saturated heterocycles. The van der Waals surface area contributed by atoms with Gasteiger partial charge in [0.05, 0.1) is 17.4 Å². The Morgan fingerprint density at radius 2 is 1.80 bits per heavy atom. The van der Waals surface area contributed by atoms with Crippen molar-refractivity contribution in [2.45, 2.75) is 17.1 Å². The average molecular weight is 437 g/mol. The fourth-order valence-electron chi connectivity index (χ4n) is 2.70. The molecule has 3 heterocycles. The molecule has 0 amide bonds. The summed E-state index contributed by atoms with van der Waals surface area (Å²) in [4.78, 5) is 26.6. The number of alkyl halides is 3. The third kappa shape index (κ3) is 3.73. The quantitative estimate of drug-likeness (QED) is 0.392. The number of benzene rings is 1. The summed E-state index contributed by atoms with van der Waals surface area (Å²) in [7, 11) is 0. The Bertz CT molecular complexity index is 1320. The molecule has 12 heteroatoms. The Morgan fingerprint density at radius 1 is 1.07 bits per heavy atom. The molecule has 0 aliphatic carbocycles. The Labute approximate surface area is 169 Å². The van der Waals surface area contributed by atoms with Crippen LogP contribution in [0.15, 0.2) is 63.5 Å². The zero-order valence-electron chi connectivity index (χ0n) is 14.9. The van der Waals surface area contributed by atoms with Crippen LogP contribution < -0.4 is 11.1 Å². The number of hydrogen-bond acceptors (Lipinski definition) is 5. The first-order chi connectivity index (χ1) is 14.2. The van der Waals surface area contributed by atoms with Crippen LogP contribution in [0.1, 0.15) is 11.1 Å². The molecule has 0 unspecified atom stereocenters. The molecule has 0 fully saturated rings. The maximum absolute atomic E-state index is 14.0. The molecule has 154 valence electrons. The molecule has 0 spiro atoms. The van der Waals surface area contributed by atoms with Gasteiger partial charge < -0.3 is 4.98 Å². The number of nitrogens with zero attached hydrogens (tertiary/aromatic N) is 4. The molecule has 0 radical (unpaired) electrons. The number of fused-ring (bicyclic) bond motifs is 1. The Morgan fingerprint density at radius 3 is 2.43 bits per heavy atom. The first-order valence-electron chi connectivity index (χ1n) is 8.38. The van der Waals surface area contributed by atoms with Crippen molar-refractivity contribution in [2.75, 3.05) is 0 Å². The largest absolute Gasteiger partial charge is 0.416 e. The Kier molecular flexibility index (Phi) is 4.94. The van der Waals surface area contributed by atoms with Gasteiger partial charge in [0.2, 0.25) is 5.56 Å². The van der Waals surface area contributed by atoms with Gasteiger partial charge in [-0.25, -0.2) is 4.39 Å². The molecular formula is C18H11F4N5O2S. The predicted molar refractivity (Wildman–Crippen MR) is 100 cm³/mol. The molecule has 0 bridgehead atoms. The van der Waals surface area contributed by atoms with Gasteiger partial charge in [-0.3, -0.25) is 14.2 Å². The van der Waals surface area contributed by atoms with Crippen molar-refractivity contribution in [1.29, 1.82) is 0 Å². The SMILES string of the molecule is O=c1ccc(-n2c(SCc3ccc(C(F)(F)F)cc3)nn3ncc(F)c3c2=O)c[nH]1. The number of aromatic amines is 1. The second-order valence-corrected chi connectivity index (χ2v) is 7.09. The number of halogens is 4. The molecule has 7 nitrogen and oxygen atoms in total. The first kappa shape index (κ1) is 19.9. The van der Waals surface area contributed by atoms with E-state index in [1.54, 1.807) is 0 Å². The minimum Gasteiger partial charge on any atom is -0.327 e. The number of rotatable bonds is 4. The molecule has 1 aromatic carbocycles. The lowest BCUT2D eigenvalue weighted by atomic mass is 10.1. The van der Waals surface area contributed by atoms with Crippen LogP contribution in [0.25, 0.3) is 11.2 Å². The molecule has 4 rings (SSSR count). The van der Waals surface area contributed by atoms with Crippen LogP contribution in [0.4, 0.5) is 17.6 Å². The van der Waals surface area contributed by atoms with E-state index in [-0.39, 0.29) is 22.1 Å². The van der Waals surface area contributed by atoms with Crippen LogP contribution in [0.5, 0.6) is 0 Å². The summed E-state index contributed by atoms with van der Waals surface area (Å²) in [5.74, 6) is -0.673. The minimum atomic E-state index is -4.44. The normalized spacial score (nSPS) is 11.9. The molecular weight excluding hydrogens is 426 g/mol. The molecule has 0 atom stereocenters. The average Bonchev–Trinajstić information content (AvgIpc) is 3.08. The van der Waals surface area contributed by atoms with Crippen LogP contribution in [-0.4, -0.2) is 24.4 Å². The summed E-state index contributed by atoms with van der Waals surface area (Å²) in [6.45, 7) is 0. The fraction of sp³-hybridized carbons (Fsp3) is 0.111.